The van der Waals surface area contributed by atoms with E-state index in [1.165, 1.54) is 42.4 Å². The van der Waals surface area contributed by atoms with E-state index in [1.54, 1.807) is 0 Å². The van der Waals surface area contributed by atoms with Crippen LogP contribution >= 0.6 is 0 Å². The number of hydrogen-bond acceptors (Lipinski definition) is 2. The maximum absolute atomic E-state index is 11.6. The van der Waals surface area contributed by atoms with Crippen LogP contribution in [0.15, 0.2) is 54.6 Å². The quantitative estimate of drug-likeness (QED) is 0.431. The predicted octanol–water partition coefficient (Wildman–Crippen LogP) is 6.65. The number of hydrogen-bond donors (Lipinski definition) is 0. The van der Waals surface area contributed by atoms with Gasteiger partial charge < -0.3 is 4.74 Å². The van der Waals surface area contributed by atoms with Gasteiger partial charge in [0.2, 0.25) is 0 Å². The summed E-state index contributed by atoms with van der Waals surface area (Å²) in [7, 11) is 0. The SMILES string of the molecule is CCCC(=O)Oc1ccc(-c2ccc(C3=CCC(CC)CC3)cc2)cc1. The molecule has 1 atom stereocenters. The van der Waals surface area contributed by atoms with Crippen molar-refractivity contribution in [2.24, 2.45) is 5.92 Å². The van der Waals surface area contributed by atoms with Gasteiger partial charge in [-0.25, -0.2) is 0 Å². The van der Waals surface area contributed by atoms with Crippen LogP contribution in [0.4, 0.5) is 0 Å². The number of carbonyl (C=O) groups is 1. The Morgan fingerprint density at radius 3 is 2.12 bits per heavy atom. The Balaban J connectivity index is 1.67. The normalized spacial score (nSPS) is 16.8. The number of rotatable bonds is 6. The first-order chi connectivity index (χ1) is 12.7. The molecule has 0 amide bonds. The topological polar surface area (TPSA) is 26.3 Å². The van der Waals surface area contributed by atoms with E-state index in [0.29, 0.717) is 12.2 Å². The zero-order chi connectivity index (χ0) is 18.4. The molecule has 0 saturated heterocycles. The molecular weight excluding hydrogens is 320 g/mol. The van der Waals surface area contributed by atoms with Crippen molar-refractivity contribution in [3.63, 3.8) is 0 Å². The predicted molar refractivity (Wildman–Crippen MR) is 108 cm³/mol. The van der Waals surface area contributed by atoms with Gasteiger partial charge in [-0.05, 0) is 66.0 Å². The van der Waals surface area contributed by atoms with Crippen molar-refractivity contribution in [2.45, 2.75) is 52.4 Å². The van der Waals surface area contributed by atoms with Crippen LogP contribution in [0.2, 0.25) is 0 Å². The van der Waals surface area contributed by atoms with Gasteiger partial charge in [0.15, 0.2) is 0 Å². The molecular formula is C24H28O2. The van der Waals surface area contributed by atoms with Crippen molar-refractivity contribution in [1.82, 2.24) is 0 Å². The smallest absolute Gasteiger partial charge is 0.311 e. The van der Waals surface area contributed by atoms with Crippen LogP contribution in [0.25, 0.3) is 16.7 Å². The fourth-order valence-electron chi connectivity index (χ4n) is 3.50. The van der Waals surface area contributed by atoms with Crippen LogP contribution < -0.4 is 4.74 Å². The molecule has 1 aliphatic rings. The van der Waals surface area contributed by atoms with Crippen LogP contribution in [0.3, 0.4) is 0 Å². The van der Waals surface area contributed by atoms with Crippen molar-refractivity contribution in [3.05, 3.63) is 60.2 Å². The Hall–Kier alpha value is -2.35. The van der Waals surface area contributed by atoms with Crippen LogP contribution in [-0.2, 0) is 4.79 Å². The summed E-state index contributed by atoms with van der Waals surface area (Å²) in [6.45, 7) is 4.26. The molecule has 2 aromatic rings. The van der Waals surface area contributed by atoms with E-state index in [-0.39, 0.29) is 5.97 Å². The minimum Gasteiger partial charge on any atom is -0.427 e. The molecule has 0 aliphatic heterocycles. The summed E-state index contributed by atoms with van der Waals surface area (Å²) < 4.78 is 5.32. The summed E-state index contributed by atoms with van der Waals surface area (Å²) >= 11 is 0. The molecule has 0 bridgehead atoms. The van der Waals surface area contributed by atoms with Gasteiger partial charge in [-0.2, -0.15) is 0 Å². The lowest BCUT2D eigenvalue weighted by atomic mass is 9.85. The van der Waals surface area contributed by atoms with Crippen molar-refractivity contribution < 1.29 is 9.53 Å². The number of allylic oxidation sites excluding steroid dienone is 2. The highest BCUT2D eigenvalue weighted by Gasteiger charge is 2.13. The first-order valence-electron chi connectivity index (χ1n) is 9.80. The first kappa shape index (κ1) is 18.4. The summed E-state index contributed by atoms with van der Waals surface area (Å²) in [5.41, 5.74) is 5.14. The molecule has 0 N–H and O–H groups in total. The monoisotopic (exact) mass is 348 g/mol. The maximum atomic E-state index is 11.6. The molecule has 0 radical (unpaired) electrons. The van der Waals surface area contributed by atoms with E-state index < -0.39 is 0 Å². The lowest BCUT2D eigenvalue weighted by molar-refractivity contribution is -0.134. The molecule has 2 aromatic carbocycles. The largest absolute Gasteiger partial charge is 0.427 e. The zero-order valence-corrected chi connectivity index (χ0v) is 15.8. The molecule has 0 fully saturated rings. The van der Waals surface area contributed by atoms with Crippen molar-refractivity contribution in [2.75, 3.05) is 0 Å². The Kier molecular flexibility index (Phi) is 6.27. The Morgan fingerprint density at radius 2 is 1.58 bits per heavy atom. The molecule has 2 nitrogen and oxygen atoms in total. The summed E-state index contributed by atoms with van der Waals surface area (Å²) in [6, 6.07) is 16.6. The number of benzene rings is 2. The lowest BCUT2D eigenvalue weighted by Gasteiger charge is -2.20. The van der Waals surface area contributed by atoms with Crippen LogP contribution in [0, 0.1) is 5.92 Å². The average molecular weight is 348 g/mol. The average Bonchev–Trinajstić information content (AvgIpc) is 2.69. The Bertz CT molecular complexity index is 754. The van der Waals surface area contributed by atoms with E-state index in [2.05, 4.69) is 37.3 Å². The van der Waals surface area contributed by atoms with Crippen molar-refractivity contribution >= 4 is 11.5 Å². The summed E-state index contributed by atoms with van der Waals surface area (Å²) in [4.78, 5) is 11.6. The van der Waals surface area contributed by atoms with Crippen LogP contribution in [-0.4, -0.2) is 5.97 Å². The second-order valence-corrected chi connectivity index (χ2v) is 7.10. The standard InChI is InChI=1S/C24H28O2/c1-3-5-24(25)26-23-16-14-22(15-17-23)21-12-10-20(11-13-21)19-8-6-18(4-2)7-9-19/h8,10-18H,3-7,9H2,1-2H3. The van der Waals surface area contributed by atoms with Crippen LogP contribution in [0.1, 0.15) is 57.9 Å². The minimum absolute atomic E-state index is 0.171. The molecule has 0 saturated carbocycles. The van der Waals surface area contributed by atoms with Crippen molar-refractivity contribution in [3.8, 4) is 16.9 Å². The van der Waals surface area contributed by atoms with Gasteiger partial charge in [-0.3, -0.25) is 4.79 Å². The third-order valence-electron chi connectivity index (χ3n) is 5.23. The van der Waals surface area contributed by atoms with Gasteiger partial charge in [0.1, 0.15) is 5.75 Å². The Morgan fingerprint density at radius 1 is 0.962 bits per heavy atom. The molecule has 26 heavy (non-hydrogen) atoms. The summed E-state index contributed by atoms with van der Waals surface area (Å²) in [6.07, 6.45) is 8.68. The van der Waals surface area contributed by atoms with E-state index in [9.17, 15) is 4.79 Å². The highest BCUT2D eigenvalue weighted by molar-refractivity contribution is 5.73. The van der Waals surface area contributed by atoms with E-state index in [0.717, 1.165) is 17.9 Å². The fraction of sp³-hybridized carbons (Fsp3) is 0.375. The van der Waals surface area contributed by atoms with Gasteiger partial charge in [0, 0.05) is 6.42 Å². The molecule has 0 spiro atoms. The molecule has 0 heterocycles. The minimum atomic E-state index is -0.171. The van der Waals surface area contributed by atoms with Gasteiger partial charge in [0.25, 0.3) is 0 Å². The zero-order valence-electron chi connectivity index (χ0n) is 15.8. The molecule has 0 aromatic heterocycles. The van der Waals surface area contributed by atoms with Crippen LogP contribution in [0.5, 0.6) is 5.75 Å². The Labute approximate surface area is 156 Å². The lowest BCUT2D eigenvalue weighted by Crippen LogP contribution is -2.06. The molecule has 1 unspecified atom stereocenters. The third kappa shape index (κ3) is 4.63. The van der Waals surface area contributed by atoms with Gasteiger partial charge in [-0.15, -0.1) is 0 Å². The molecule has 2 heteroatoms. The van der Waals surface area contributed by atoms with E-state index >= 15 is 0 Å². The van der Waals surface area contributed by atoms with Gasteiger partial charge in [-0.1, -0.05) is 62.7 Å². The van der Waals surface area contributed by atoms with E-state index in [1.807, 2.05) is 31.2 Å². The molecule has 3 rings (SSSR count). The number of esters is 1. The maximum Gasteiger partial charge on any atom is 0.311 e. The molecule has 136 valence electrons. The fourth-order valence-corrected chi connectivity index (χ4v) is 3.50. The third-order valence-corrected chi connectivity index (χ3v) is 5.23. The summed E-state index contributed by atoms with van der Waals surface area (Å²) in [5.74, 6) is 1.31. The number of carbonyl (C=O) groups excluding carboxylic acids is 1. The van der Waals surface area contributed by atoms with E-state index in [4.69, 9.17) is 4.74 Å². The van der Waals surface area contributed by atoms with Crippen molar-refractivity contribution in [1.29, 1.82) is 0 Å². The highest BCUT2D eigenvalue weighted by Crippen LogP contribution is 2.32. The molecule has 1 aliphatic carbocycles. The summed E-state index contributed by atoms with van der Waals surface area (Å²) in [5, 5.41) is 0. The highest BCUT2D eigenvalue weighted by atomic mass is 16.5. The number of ether oxygens (including phenoxy) is 1. The van der Waals surface area contributed by atoms with Gasteiger partial charge >= 0.3 is 5.97 Å². The second kappa shape index (κ2) is 8.84. The first-order valence-corrected chi connectivity index (χ1v) is 9.80. The van der Waals surface area contributed by atoms with Gasteiger partial charge in [0.05, 0.1) is 0 Å². The second-order valence-electron chi connectivity index (χ2n) is 7.10.